The van der Waals surface area contributed by atoms with Crippen LogP contribution in [0.25, 0.3) is 0 Å². The van der Waals surface area contributed by atoms with E-state index in [9.17, 15) is 23.4 Å². The molecule has 0 heterocycles. The molecule has 0 aliphatic carbocycles. The Kier molecular flexibility index (Phi) is 7.08. The van der Waals surface area contributed by atoms with Crippen molar-refractivity contribution in [1.82, 2.24) is 5.43 Å². The van der Waals surface area contributed by atoms with Crippen LogP contribution in [0.15, 0.2) is 82.7 Å². The van der Waals surface area contributed by atoms with Crippen LogP contribution in [0.2, 0.25) is 0 Å². The first-order valence-corrected chi connectivity index (χ1v) is 11.0. The van der Waals surface area contributed by atoms with Crippen molar-refractivity contribution in [2.75, 3.05) is 4.72 Å². The first-order valence-electron chi connectivity index (χ1n) is 9.51. The number of carbonyl (C=O) groups is 1. The van der Waals surface area contributed by atoms with Gasteiger partial charge in [0.15, 0.2) is 0 Å². The minimum absolute atomic E-state index is 0.00276. The molecule has 166 valence electrons. The van der Waals surface area contributed by atoms with Gasteiger partial charge in [0.05, 0.1) is 16.5 Å². The van der Waals surface area contributed by atoms with Gasteiger partial charge in [0.2, 0.25) is 0 Å². The van der Waals surface area contributed by atoms with Gasteiger partial charge < -0.3 is 15.6 Å². The number of carboxylic acid groups (broad SMARTS) is 1. The SMILES string of the molecule is NNC=Nc1cccc(S(=O)(=O)Nc2cccc(C(Cc3ccccc3O)C(=O)O)c2)c1. The summed E-state index contributed by atoms with van der Waals surface area (Å²) in [5.74, 6) is 3.07. The molecule has 0 aromatic heterocycles. The number of nitrogens with one attached hydrogen (secondary N) is 2. The van der Waals surface area contributed by atoms with E-state index in [4.69, 9.17) is 5.84 Å². The van der Waals surface area contributed by atoms with Crippen LogP contribution in [0.3, 0.4) is 0 Å². The lowest BCUT2D eigenvalue weighted by Crippen LogP contribution is -2.18. The fraction of sp³-hybridized carbons (Fsp3) is 0.0909. The number of nitrogens with zero attached hydrogens (tertiary/aromatic N) is 1. The highest BCUT2D eigenvalue weighted by molar-refractivity contribution is 7.92. The summed E-state index contributed by atoms with van der Waals surface area (Å²) in [6.07, 6.45) is 1.27. The summed E-state index contributed by atoms with van der Waals surface area (Å²) in [4.78, 5) is 15.9. The first kappa shape index (κ1) is 22.8. The second kappa shape index (κ2) is 9.94. The molecule has 0 bridgehead atoms. The van der Waals surface area contributed by atoms with Gasteiger partial charge in [-0.2, -0.15) is 0 Å². The zero-order chi connectivity index (χ0) is 23.1. The fourth-order valence-corrected chi connectivity index (χ4v) is 4.22. The van der Waals surface area contributed by atoms with Gasteiger partial charge in [0, 0.05) is 5.69 Å². The molecule has 32 heavy (non-hydrogen) atoms. The Balaban J connectivity index is 1.87. The molecule has 3 aromatic carbocycles. The van der Waals surface area contributed by atoms with E-state index in [0.717, 1.165) is 0 Å². The number of hydrogen-bond donors (Lipinski definition) is 5. The monoisotopic (exact) mass is 454 g/mol. The summed E-state index contributed by atoms with van der Waals surface area (Å²) in [6.45, 7) is 0. The van der Waals surface area contributed by atoms with E-state index in [1.807, 2.05) is 0 Å². The van der Waals surface area contributed by atoms with E-state index in [1.54, 1.807) is 42.5 Å². The van der Waals surface area contributed by atoms with Gasteiger partial charge in [-0.05, 0) is 53.9 Å². The number of aromatic hydroxyl groups is 1. The lowest BCUT2D eigenvalue weighted by atomic mass is 9.91. The molecule has 0 radical (unpaired) electrons. The number of sulfonamides is 1. The number of hydrazine groups is 1. The quantitative estimate of drug-likeness (QED) is 0.144. The Morgan fingerprint density at radius 1 is 1.06 bits per heavy atom. The molecule has 1 unspecified atom stereocenters. The van der Waals surface area contributed by atoms with E-state index in [1.165, 1.54) is 36.7 Å². The molecule has 0 aliphatic rings. The van der Waals surface area contributed by atoms with Crippen LogP contribution in [0.4, 0.5) is 11.4 Å². The zero-order valence-corrected chi connectivity index (χ0v) is 17.7. The third kappa shape index (κ3) is 5.62. The summed E-state index contributed by atoms with van der Waals surface area (Å²) >= 11 is 0. The highest BCUT2D eigenvalue weighted by atomic mass is 32.2. The molecule has 6 N–H and O–H groups in total. The smallest absolute Gasteiger partial charge is 0.311 e. The largest absolute Gasteiger partial charge is 0.508 e. The van der Waals surface area contributed by atoms with E-state index in [-0.39, 0.29) is 22.8 Å². The lowest BCUT2D eigenvalue weighted by Gasteiger charge is -2.16. The number of nitrogens with two attached hydrogens (primary N) is 1. The van der Waals surface area contributed by atoms with Crippen molar-refractivity contribution in [3.63, 3.8) is 0 Å². The normalized spacial score (nSPS) is 12.4. The molecule has 9 nitrogen and oxygen atoms in total. The molecular formula is C22H22N4O5S. The number of rotatable bonds is 9. The van der Waals surface area contributed by atoms with Crippen molar-refractivity contribution >= 4 is 33.7 Å². The highest BCUT2D eigenvalue weighted by Gasteiger charge is 2.23. The van der Waals surface area contributed by atoms with E-state index in [2.05, 4.69) is 15.1 Å². The summed E-state index contributed by atoms with van der Waals surface area (Å²) in [5, 5.41) is 19.7. The van der Waals surface area contributed by atoms with Crippen LogP contribution in [0.1, 0.15) is 17.0 Å². The number of phenols is 1. The second-order valence-electron chi connectivity index (χ2n) is 6.88. The highest BCUT2D eigenvalue weighted by Crippen LogP contribution is 2.28. The minimum atomic E-state index is -3.95. The minimum Gasteiger partial charge on any atom is -0.508 e. The first-order chi connectivity index (χ1) is 15.3. The number of phenolic OH excluding ortho intramolecular Hbond substituents is 1. The average Bonchev–Trinajstić information content (AvgIpc) is 2.77. The maximum Gasteiger partial charge on any atom is 0.311 e. The zero-order valence-electron chi connectivity index (χ0n) is 16.8. The molecule has 3 aromatic rings. The van der Waals surface area contributed by atoms with Gasteiger partial charge in [-0.1, -0.05) is 36.4 Å². The van der Waals surface area contributed by atoms with Crippen LogP contribution in [0.5, 0.6) is 5.75 Å². The third-order valence-electron chi connectivity index (χ3n) is 4.67. The van der Waals surface area contributed by atoms with Crippen molar-refractivity contribution in [2.24, 2.45) is 10.8 Å². The summed E-state index contributed by atoms with van der Waals surface area (Å²) < 4.78 is 28.1. The number of aliphatic imine (C=N–C) groups is 1. The summed E-state index contributed by atoms with van der Waals surface area (Å²) in [5.41, 5.74) is 3.71. The molecule has 0 amide bonds. The summed E-state index contributed by atoms with van der Waals surface area (Å²) in [6, 6.07) is 18.6. The van der Waals surface area contributed by atoms with Gasteiger partial charge >= 0.3 is 5.97 Å². The number of benzene rings is 3. The van der Waals surface area contributed by atoms with Crippen molar-refractivity contribution < 1.29 is 23.4 Å². The Hall–Kier alpha value is -3.89. The average molecular weight is 455 g/mol. The van der Waals surface area contributed by atoms with Crippen LogP contribution in [-0.4, -0.2) is 30.9 Å². The molecular weight excluding hydrogens is 432 g/mol. The standard InChI is InChI=1S/C22H22N4O5S/c23-25-14-24-17-7-4-9-19(13-17)32(30,31)26-18-8-3-6-15(11-18)20(22(28)29)12-16-5-1-2-10-21(16)27/h1-11,13-14,20,26-27H,12,23H2,(H,24,25)(H,28,29). The Labute approximate surface area is 185 Å². The third-order valence-corrected chi connectivity index (χ3v) is 6.05. The van der Waals surface area contributed by atoms with Gasteiger partial charge in [0.1, 0.15) is 12.1 Å². The predicted molar refractivity (Wildman–Crippen MR) is 121 cm³/mol. The predicted octanol–water partition coefficient (Wildman–Crippen LogP) is 2.73. The molecule has 3 rings (SSSR count). The van der Waals surface area contributed by atoms with Gasteiger partial charge in [-0.15, -0.1) is 0 Å². The number of anilines is 1. The lowest BCUT2D eigenvalue weighted by molar-refractivity contribution is -0.138. The Bertz CT molecular complexity index is 1240. The van der Waals surface area contributed by atoms with Gasteiger partial charge in [-0.3, -0.25) is 9.52 Å². The van der Waals surface area contributed by atoms with Gasteiger partial charge in [-0.25, -0.2) is 19.3 Å². The summed E-state index contributed by atoms with van der Waals surface area (Å²) in [7, 11) is -3.95. The number of aliphatic carboxylic acids is 1. The topological polar surface area (TPSA) is 154 Å². The molecule has 1 atom stereocenters. The Morgan fingerprint density at radius 2 is 1.81 bits per heavy atom. The van der Waals surface area contributed by atoms with Crippen molar-refractivity contribution in [1.29, 1.82) is 0 Å². The number of carboxylic acids is 1. The van der Waals surface area contributed by atoms with Crippen LogP contribution in [-0.2, 0) is 21.2 Å². The molecule has 0 aliphatic heterocycles. The maximum atomic E-state index is 12.8. The fourth-order valence-electron chi connectivity index (χ4n) is 3.13. The maximum absolute atomic E-state index is 12.8. The van der Waals surface area contributed by atoms with E-state index >= 15 is 0 Å². The van der Waals surface area contributed by atoms with Crippen molar-refractivity contribution in [3.05, 3.63) is 83.9 Å². The van der Waals surface area contributed by atoms with E-state index in [0.29, 0.717) is 16.8 Å². The van der Waals surface area contributed by atoms with Crippen LogP contribution >= 0.6 is 0 Å². The Morgan fingerprint density at radius 3 is 2.53 bits per heavy atom. The van der Waals surface area contributed by atoms with Gasteiger partial charge in [0.25, 0.3) is 10.0 Å². The second-order valence-corrected chi connectivity index (χ2v) is 8.56. The van der Waals surface area contributed by atoms with Crippen LogP contribution in [0, 0.1) is 0 Å². The molecule has 0 saturated heterocycles. The van der Waals surface area contributed by atoms with E-state index < -0.39 is 21.9 Å². The van der Waals surface area contributed by atoms with Crippen molar-refractivity contribution in [3.8, 4) is 5.75 Å². The number of hydrogen-bond acceptors (Lipinski definition) is 6. The molecule has 10 heteroatoms. The molecule has 0 spiro atoms. The van der Waals surface area contributed by atoms with Crippen LogP contribution < -0.4 is 16.0 Å². The molecule has 0 fully saturated rings. The molecule has 0 saturated carbocycles. The van der Waals surface area contributed by atoms with Crippen molar-refractivity contribution in [2.45, 2.75) is 17.2 Å². The number of para-hydroxylation sites is 1.